The molecule has 2 amide bonds. The molecule has 12 nitrogen and oxygen atoms in total. The third kappa shape index (κ3) is 5.50. The van der Waals surface area contributed by atoms with E-state index < -0.39 is 66.8 Å². The highest BCUT2D eigenvalue weighted by atomic mass is 35.5. The second-order valence-corrected chi connectivity index (χ2v) is 14.0. The maximum absolute atomic E-state index is 15.5. The molecule has 2 N–H and O–H groups in total. The minimum atomic E-state index is -5.39. The molecule has 2 unspecified atom stereocenters. The average molecular weight is 729 g/mol. The van der Waals surface area contributed by atoms with Gasteiger partial charge in [0, 0.05) is 18.5 Å². The van der Waals surface area contributed by atoms with Crippen LogP contribution in [0.4, 0.5) is 18.9 Å². The van der Waals surface area contributed by atoms with E-state index in [1.165, 1.54) is 39.4 Å². The number of anilines is 1. The van der Waals surface area contributed by atoms with E-state index in [9.17, 15) is 31.5 Å². The number of sulfonamides is 1. The number of ether oxygens (including phenoxy) is 4. The lowest BCUT2D eigenvalue weighted by Gasteiger charge is -2.48. The molecule has 0 aromatic heterocycles. The summed E-state index contributed by atoms with van der Waals surface area (Å²) in [5.41, 5.74) is -1.69. The number of halogens is 4. The second kappa shape index (κ2) is 12.6. The summed E-state index contributed by atoms with van der Waals surface area (Å²) >= 11 is 6.53. The molecule has 49 heavy (non-hydrogen) atoms. The molecular weight excluding hydrogens is 695 g/mol. The Kier molecular flexibility index (Phi) is 9.25. The number of benzene rings is 3. The van der Waals surface area contributed by atoms with Gasteiger partial charge in [0.2, 0.25) is 11.3 Å². The van der Waals surface area contributed by atoms with Gasteiger partial charge in [-0.25, -0.2) is 8.42 Å². The van der Waals surface area contributed by atoms with Crippen LogP contribution in [0, 0.1) is 6.92 Å². The number of alkyl halides is 3. The number of hydrogen-bond acceptors (Lipinski definition) is 9. The molecule has 5 rings (SSSR count). The minimum Gasteiger partial charge on any atom is -0.496 e. The second-order valence-electron chi connectivity index (χ2n) is 11.8. The number of quaternary nitrogens is 1. The topological polar surface area (TPSA) is 141 Å². The van der Waals surface area contributed by atoms with Crippen LogP contribution in [0.5, 0.6) is 23.0 Å². The number of amides is 2. The zero-order valence-electron chi connectivity index (χ0n) is 27.2. The van der Waals surface area contributed by atoms with Gasteiger partial charge in [0.25, 0.3) is 15.9 Å². The lowest BCUT2D eigenvalue weighted by molar-refractivity contribution is -0.953. The van der Waals surface area contributed by atoms with Crippen LogP contribution < -0.4 is 28.6 Å². The SMILES string of the molecule is CNC(=O)[C@@H]1C[C@@H](O)C[N+]1(C)C1(c2cc(C)ccc2OC)C(=O)N(S(=O)(=O)c2ccc(OC)c(OC)c2OC(F)(F)F)c2ccc(Cl)cc21. The van der Waals surface area contributed by atoms with Crippen molar-refractivity contribution in [2.45, 2.75) is 42.3 Å². The molecule has 17 heteroatoms. The van der Waals surface area contributed by atoms with Crippen LogP contribution in [0.2, 0.25) is 5.02 Å². The first-order valence-electron chi connectivity index (χ1n) is 14.7. The molecule has 1 saturated heterocycles. The Balaban J connectivity index is 1.93. The van der Waals surface area contributed by atoms with Crippen LogP contribution >= 0.6 is 11.6 Å². The normalized spacial score (nSPS) is 23.7. The molecule has 264 valence electrons. The standard InChI is InChI=1S/C32H33ClF3N3O9S/c1-17-7-10-24(45-4)21(13-17)31(39(3)16-19(40)15-23(39)29(41)37-2)20-14-18(33)8-9-22(20)38(30(31)42)49(43,44)26-12-11-25(46-5)27(47-6)28(26)48-32(34,35)36/h7-14,19,23,40H,15-16H2,1-6H3/p+1/t19-,23+,31?,39?/m1/s1. The fourth-order valence-corrected chi connectivity index (χ4v) is 8.89. The highest BCUT2D eigenvalue weighted by molar-refractivity contribution is 7.93. The Hall–Kier alpha value is -4.25. The molecule has 0 bridgehead atoms. The van der Waals surface area contributed by atoms with E-state index in [2.05, 4.69) is 10.1 Å². The predicted molar refractivity (Wildman–Crippen MR) is 170 cm³/mol. The molecule has 2 aliphatic rings. The number of likely N-dealkylation sites (N-methyl/N-ethyl adjacent to an activating group) is 2. The first-order valence-corrected chi connectivity index (χ1v) is 16.5. The molecule has 2 heterocycles. The Labute approximate surface area is 285 Å². The number of nitrogens with zero attached hydrogens (tertiary/aromatic N) is 2. The number of likely N-dealkylation sites (tertiary alicyclic amines) is 1. The van der Waals surface area contributed by atoms with Crippen molar-refractivity contribution >= 4 is 39.1 Å². The molecule has 3 aromatic rings. The van der Waals surface area contributed by atoms with Crippen molar-refractivity contribution in [1.82, 2.24) is 5.32 Å². The van der Waals surface area contributed by atoms with Gasteiger partial charge in [-0.3, -0.25) is 14.1 Å². The van der Waals surface area contributed by atoms with Crippen LogP contribution in [-0.2, 0) is 25.2 Å². The van der Waals surface area contributed by atoms with Gasteiger partial charge >= 0.3 is 12.3 Å². The predicted octanol–water partition coefficient (Wildman–Crippen LogP) is 3.88. The van der Waals surface area contributed by atoms with E-state index in [1.807, 2.05) is 0 Å². The van der Waals surface area contributed by atoms with E-state index in [0.29, 0.717) is 9.87 Å². The summed E-state index contributed by atoms with van der Waals surface area (Å²) in [6.07, 6.45) is -6.63. The van der Waals surface area contributed by atoms with E-state index in [4.69, 9.17) is 25.8 Å². The molecule has 1 fully saturated rings. The first kappa shape index (κ1) is 36.0. The van der Waals surface area contributed by atoms with Crippen LogP contribution in [-0.4, -0.2) is 90.3 Å². The van der Waals surface area contributed by atoms with Crippen molar-refractivity contribution in [2.75, 3.05) is 46.3 Å². The maximum atomic E-state index is 15.5. The average Bonchev–Trinajstić information content (AvgIpc) is 3.49. The van der Waals surface area contributed by atoms with Crippen molar-refractivity contribution in [2.24, 2.45) is 0 Å². The number of carbonyl (C=O) groups is 2. The quantitative estimate of drug-likeness (QED) is 0.314. The smallest absolute Gasteiger partial charge is 0.496 e. The fraction of sp³-hybridized carbons (Fsp3) is 0.375. The third-order valence-corrected chi connectivity index (χ3v) is 11.1. The third-order valence-electron chi connectivity index (χ3n) is 9.09. The van der Waals surface area contributed by atoms with Crippen molar-refractivity contribution in [3.63, 3.8) is 0 Å². The molecule has 4 atom stereocenters. The number of nitrogens with one attached hydrogen (secondary N) is 1. The van der Waals surface area contributed by atoms with E-state index in [0.717, 1.165) is 26.4 Å². The van der Waals surface area contributed by atoms with E-state index >= 15 is 4.79 Å². The van der Waals surface area contributed by atoms with Crippen LogP contribution in [0.3, 0.4) is 0 Å². The van der Waals surface area contributed by atoms with Gasteiger partial charge in [0.15, 0.2) is 17.5 Å². The van der Waals surface area contributed by atoms with E-state index in [-0.39, 0.29) is 46.3 Å². The van der Waals surface area contributed by atoms with Crippen molar-refractivity contribution in [3.05, 3.63) is 70.2 Å². The lowest BCUT2D eigenvalue weighted by Crippen LogP contribution is -2.69. The Bertz CT molecular complexity index is 1940. The van der Waals surface area contributed by atoms with Gasteiger partial charge in [-0.1, -0.05) is 23.2 Å². The number of hydrogen-bond donors (Lipinski definition) is 2. The number of aryl methyl sites for hydroxylation is 1. The van der Waals surface area contributed by atoms with E-state index in [1.54, 1.807) is 25.1 Å². The largest absolute Gasteiger partial charge is 0.573 e. The monoisotopic (exact) mass is 728 g/mol. The lowest BCUT2D eigenvalue weighted by atomic mass is 9.78. The summed E-state index contributed by atoms with van der Waals surface area (Å²) in [5, 5.41) is 13.7. The molecule has 0 radical (unpaired) electrons. The Morgan fingerprint density at radius 1 is 1.02 bits per heavy atom. The first-order chi connectivity index (χ1) is 22.9. The van der Waals surface area contributed by atoms with Gasteiger partial charge in [-0.05, 0) is 49.4 Å². The van der Waals surface area contributed by atoms with Gasteiger partial charge in [-0.15, -0.1) is 13.2 Å². The number of fused-ring (bicyclic) bond motifs is 1. The number of aliphatic hydroxyl groups is 1. The number of methoxy groups -OCH3 is 3. The van der Waals surface area contributed by atoms with Crippen molar-refractivity contribution in [3.8, 4) is 23.0 Å². The molecule has 3 aromatic carbocycles. The molecule has 0 spiro atoms. The number of rotatable bonds is 9. The van der Waals surface area contributed by atoms with Crippen LogP contribution in [0.1, 0.15) is 23.1 Å². The highest BCUT2D eigenvalue weighted by Gasteiger charge is 2.72. The number of aliphatic hydroxyl groups excluding tert-OH is 1. The zero-order chi connectivity index (χ0) is 36.3. The van der Waals surface area contributed by atoms with Gasteiger partial charge in [0.1, 0.15) is 23.3 Å². The zero-order valence-corrected chi connectivity index (χ0v) is 28.8. The summed E-state index contributed by atoms with van der Waals surface area (Å²) in [5.74, 6) is -3.85. The van der Waals surface area contributed by atoms with Crippen LogP contribution in [0.15, 0.2) is 53.4 Å². The summed E-state index contributed by atoms with van der Waals surface area (Å²) in [6, 6.07) is 9.52. The summed E-state index contributed by atoms with van der Waals surface area (Å²) in [7, 11) is 1.05. The Morgan fingerprint density at radius 2 is 1.67 bits per heavy atom. The molecular formula is C32H34ClF3N3O9S+. The summed E-state index contributed by atoms with van der Waals surface area (Å²) in [6.45, 7) is 1.50. The van der Waals surface area contributed by atoms with Crippen molar-refractivity contribution in [1.29, 1.82) is 0 Å². The van der Waals surface area contributed by atoms with Gasteiger partial charge < -0.3 is 29.4 Å². The number of carbonyl (C=O) groups excluding carboxylic acids is 2. The Morgan fingerprint density at radius 3 is 2.27 bits per heavy atom. The maximum Gasteiger partial charge on any atom is 0.573 e. The molecule has 0 aliphatic carbocycles. The van der Waals surface area contributed by atoms with Crippen LogP contribution in [0.25, 0.3) is 0 Å². The summed E-state index contributed by atoms with van der Waals surface area (Å²) in [4.78, 5) is 28.0. The molecule has 2 aliphatic heterocycles. The minimum absolute atomic E-state index is 0.00162. The molecule has 0 saturated carbocycles. The van der Waals surface area contributed by atoms with Gasteiger partial charge in [0.05, 0.1) is 45.2 Å². The summed E-state index contributed by atoms with van der Waals surface area (Å²) < 4.78 is 91.0. The fourth-order valence-electron chi connectivity index (χ4n) is 7.15. The highest BCUT2D eigenvalue weighted by Crippen LogP contribution is 2.58. The van der Waals surface area contributed by atoms with Crippen molar-refractivity contribution < 1.29 is 59.7 Å². The van der Waals surface area contributed by atoms with Gasteiger partial charge in [-0.2, -0.15) is 4.31 Å².